The highest BCUT2D eigenvalue weighted by Gasteiger charge is 2.36. The molecule has 4 heteroatoms. The maximum Gasteiger partial charge on any atom is 0.273 e. The van der Waals surface area contributed by atoms with Gasteiger partial charge in [0.05, 0.1) is 23.6 Å². The van der Waals surface area contributed by atoms with Gasteiger partial charge in [0.25, 0.3) is 5.91 Å². The van der Waals surface area contributed by atoms with E-state index in [-0.39, 0.29) is 11.9 Å². The van der Waals surface area contributed by atoms with E-state index in [9.17, 15) is 9.90 Å². The molecule has 1 unspecified atom stereocenters. The number of carbonyl (C=O) groups excluding carboxylic acids is 1. The van der Waals surface area contributed by atoms with Crippen LogP contribution in [-0.2, 0) is 4.79 Å². The SMILES string of the molecule is O=C1C(=CO)C(c2ccccc2)NN1c1ccccc1. The molecule has 0 spiro atoms. The molecule has 2 aromatic carbocycles. The summed E-state index contributed by atoms with van der Waals surface area (Å²) >= 11 is 0. The number of hydrogen-bond acceptors (Lipinski definition) is 3. The summed E-state index contributed by atoms with van der Waals surface area (Å²) in [6.45, 7) is 0. The van der Waals surface area contributed by atoms with Crippen molar-refractivity contribution < 1.29 is 9.90 Å². The summed E-state index contributed by atoms with van der Waals surface area (Å²) in [6, 6.07) is 18.5. The van der Waals surface area contributed by atoms with Crippen LogP contribution >= 0.6 is 0 Å². The fraction of sp³-hybridized carbons (Fsp3) is 0.0625. The van der Waals surface area contributed by atoms with Crippen LogP contribution in [0.1, 0.15) is 11.6 Å². The normalized spacial score (nSPS) is 20.6. The molecule has 1 aliphatic heterocycles. The number of hydrazine groups is 1. The van der Waals surface area contributed by atoms with Crippen molar-refractivity contribution in [3.8, 4) is 0 Å². The highest BCUT2D eigenvalue weighted by Crippen LogP contribution is 2.31. The maximum absolute atomic E-state index is 12.4. The molecule has 1 saturated heterocycles. The van der Waals surface area contributed by atoms with Crippen molar-refractivity contribution in [3.63, 3.8) is 0 Å². The number of nitrogens with one attached hydrogen (secondary N) is 1. The van der Waals surface area contributed by atoms with Crippen molar-refractivity contribution in [1.29, 1.82) is 0 Å². The molecule has 0 radical (unpaired) electrons. The Labute approximate surface area is 116 Å². The van der Waals surface area contributed by atoms with E-state index in [1.807, 2.05) is 60.7 Å². The number of nitrogens with zero attached hydrogens (tertiary/aromatic N) is 1. The summed E-state index contributed by atoms with van der Waals surface area (Å²) < 4.78 is 0. The number of para-hydroxylation sites is 1. The summed E-state index contributed by atoms with van der Waals surface area (Å²) in [7, 11) is 0. The van der Waals surface area contributed by atoms with Gasteiger partial charge < -0.3 is 5.11 Å². The molecule has 0 aliphatic carbocycles. The lowest BCUT2D eigenvalue weighted by Gasteiger charge is -2.17. The van der Waals surface area contributed by atoms with Crippen molar-refractivity contribution in [2.24, 2.45) is 0 Å². The van der Waals surface area contributed by atoms with Gasteiger partial charge in [0.2, 0.25) is 0 Å². The number of aliphatic hydroxyl groups is 1. The number of benzene rings is 2. The molecular weight excluding hydrogens is 252 g/mol. The minimum atomic E-state index is -0.339. The fourth-order valence-electron chi connectivity index (χ4n) is 2.31. The van der Waals surface area contributed by atoms with Gasteiger partial charge in [0.1, 0.15) is 0 Å². The molecule has 100 valence electrons. The van der Waals surface area contributed by atoms with Gasteiger partial charge >= 0.3 is 0 Å². The van der Waals surface area contributed by atoms with Crippen LogP contribution in [0.5, 0.6) is 0 Å². The first-order valence-corrected chi connectivity index (χ1v) is 6.36. The van der Waals surface area contributed by atoms with Gasteiger partial charge in [-0.3, -0.25) is 4.79 Å². The lowest BCUT2D eigenvalue weighted by atomic mass is 10.0. The van der Waals surface area contributed by atoms with Crippen molar-refractivity contribution >= 4 is 11.6 Å². The monoisotopic (exact) mass is 266 g/mol. The molecule has 3 rings (SSSR count). The zero-order chi connectivity index (χ0) is 13.9. The molecule has 0 bridgehead atoms. The number of aliphatic hydroxyl groups excluding tert-OH is 1. The first-order valence-electron chi connectivity index (χ1n) is 6.36. The van der Waals surface area contributed by atoms with Crippen LogP contribution in [0, 0.1) is 0 Å². The van der Waals surface area contributed by atoms with E-state index in [2.05, 4.69) is 5.43 Å². The van der Waals surface area contributed by atoms with Gasteiger partial charge in [0, 0.05) is 0 Å². The van der Waals surface area contributed by atoms with Crippen LogP contribution in [0.4, 0.5) is 5.69 Å². The topological polar surface area (TPSA) is 52.6 Å². The second kappa shape index (κ2) is 5.19. The Bertz CT molecular complexity index is 638. The molecule has 1 amide bonds. The lowest BCUT2D eigenvalue weighted by molar-refractivity contribution is -0.114. The Hall–Kier alpha value is -2.59. The van der Waals surface area contributed by atoms with Crippen LogP contribution < -0.4 is 10.4 Å². The Balaban J connectivity index is 1.97. The Morgan fingerprint density at radius 3 is 2.20 bits per heavy atom. The zero-order valence-electron chi connectivity index (χ0n) is 10.7. The summed E-state index contributed by atoms with van der Waals surface area (Å²) in [6.07, 6.45) is 0.885. The first kappa shape index (κ1) is 12.4. The predicted molar refractivity (Wildman–Crippen MR) is 77.0 cm³/mol. The minimum Gasteiger partial charge on any atom is -0.515 e. The van der Waals surface area contributed by atoms with E-state index in [0.29, 0.717) is 5.57 Å². The molecule has 4 nitrogen and oxygen atoms in total. The lowest BCUT2D eigenvalue weighted by Crippen LogP contribution is -2.35. The van der Waals surface area contributed by atoms with Crippen LogP contribution in [0.25, 0.3) is 0 Å². The summed E-state index contributed by atoms with van der Waals surface area (Å²) in [5, 5.41) is 10.8. The van der Waals surface area contributed by atoms with E-state index in [0.717, 1.165) is 17.5 Å². The second-order valence-corrected chi connectivity index (χ2v) is 4.53. The van der Waals surface area contributed by atoms with Crippen molar-refractivity contribution in [2.45, 2.75) is 6.04 Å². The van der Waals surface area contributed by atoms with E-state index >= 15 is 0 Å². The molecule has 20 heavy (non-hydrogen) atoms. The molecule has 0 aromatic heterocycles. The van der Waals surface area contributed by atoms with Crippen molar-refractivity contribution in [2.75, 3.05) is 5.01 Å². The molecule has 1 atom stereocenters. The van der Waals surface area contributed by atoms with Gasteiger partial charge in [-0.25, -0.2) is 10.4 Å². The van der Waals surface area contributed by atoms with Gasteiger partial charge in [0.15, 0.2) is 0 Å². The van der Waals surface area contributed by atoms with E-state index in [1.165, 1.54) is 5.01 Å². The van der Waals surface area contributed by atoms with Crippen LogP contribution in [0.2, 0.25) is 0 Å². The largest absolute Gasteiger partial charge is 0.515 e. The first-order chi connectivity index (χ1) is 9.81. The molecule has 2 N–H and O–H groups in total. The quantitative estimate of drug-likeness (QED) is 0.649. The average Bonchev–Trinajstić information content (AvgIpc) is 2.86. The smallest absolute Gasteiger partial charge is 0.273 e. The molecule has 1 aliphatic rings. The molecule has 1 fully saturated rings. The summed E-state index contributed by atoms with van der Waals surface area (Å²) in [5.41, 5.74) is 5.14. The van der Waals surface area contributed by atoms with Gasteiger partial charge in [-0.1, -0.05) is 48.5 Å². The van der Waals surface area contributed by atoms with E-state index < -0.39 is 0 Å². The number of rotatable bonds is 2. The Kier molecular flexibility index (Phi) is 3.23. The Morgan fingerprint density at radius 1 is 1.00 bits per heavy atom. The predicted octanol–water partition coefficient (Wildman–Crippen LogP) is 2.72. The molecule has 2 aromatic rings. The third-order valence-electron chi connectivity index (χ3n) is 3.31. The number of anilines is 1. The molecular formula is C16H14N2O2. The molecule has 1 heterocycles. The van der Waals surface area contributed by atoms with Crippen LogP contribution in [0.3, 0.4) is 0 Å². The van der Waals surface area contributed by atoms with Crippen LogP contribution in [0.15, 0.2) is 72.5 Å². The second-order valence-electron chi connectivity index (χ2n) is 4.53. The number of hydrogen-bond donors (Lipinski definition) is 2. The van der Waals surface area contributed by atoms with Crippen LogP contribution in [-0.4, -0.2) is 11.0 Å². The number of carbonyl (C=O) groups is 1. The third kappa shape index (κ3) is 2.06. The maximum atomic E-state index is 12.4. The summed E-state index contributed by atoms with van der Waals surface area (Å²) in [4.78, 5) is 12.4. The molecule has 0 saturated carbocycles. The Morgan fingerprint density at radius 2 is 1.60 bits per heavy atom. The van der Waals surface area contributed by atoms with Gasteiger partial charge in [-0.15, -0.1) is 0 Å². The third-order valence-corrected chi connectivity index (χ3v) is 3.31. The highest BCUT2D eigenvalue weighted by atomic mass is 16.2. The zero-order valence-corrected chi connectivity index (χ0v) is 10.7. The van der Waals surface area contributed by atoms with Gasteiger partial charge in [-0.2, -0.15) is 0 Å². The highest BCUT2D eigenvalue weighted by molar-refractivity contribution is 6.08. The summed E-state index contributed by atoms with van der Waals surface area (Å²) in [5.74, 6) is -0.243. The van der Waals surface area contributed by atoms with E-state index in [1.54, 1.807) is 0 Å². The average molecular weight is 266 g/mol. The fourth-order valence-corrected chi connectivity index (χ4v) is 2.31. The van der Waals surface area contributed by atoms with Crippen molar-refractivity contribution in [3.05, 3.63) is 78.1 Å². The van der Waals surface area contributed by atoms with Gasteiger partial charge in [-0.05, 0) is 17.7 Å². The standard InChI is InChI=1S/C16H14N2O2/c19-11-14-15(12-7-3-1-4-8-12)17-18(16(14)20)13-9-5-2-6-10-13/h1-11,15,17,19H. The minimum absolute atomic E-state index is 0.243. The van der Waals surface area contributed by atoms with Crippen molar-refractivity contribution in [1.82, 2.24) is 5.43 Å². The number of amides is 1. The van der Waals surface area contributed by atoms with E-state index in [4.69, 9.17) is 0 Å².